The minimum atomic E-state index is -3.08. The second kappa shape index (κ2) is 7.20. The lowest BCUT2D eigenvalue weighted by Crippen LogP contribution is -2.23. The first kappa shape index (κ1) is 18.6. The molecule has 0 spiro atoms. The van der Waals surface area contributed by atoms with Crippen molar-refractivity contribution in [2.24, 2.45) is 0 Å². The summed E-state index contributed by atoms with van der Waals surface area (Å²) in [6.45, 7) is 0.277. The lowest BCUT2D eigenvalue weighted by Gasteiger charge is -2.05. The molecule has 2 N–H and O–H groups in total. The van der Waals surface area contributed by atoms with Gasteiger partial charge in [-0.15, -0.1) is 0 Å². The summed E-state index contributed by atoms with van der Waals surface area (Å²) in [6.07, 6.45) is 1.18. The van der Waals surface area contributed by atoms with E-state index in [9.17, 15) is 17.6 Å². The molecule has 0 bridgehead atoms. The smallest absolute Gasteiger partial charge is 0.267 e. The Bertz CT molecular complexity index is 1080. The van der Waals surface area contributed by atoms with Crippen LogP contribution in [-0.2, 0) is 22.1 Å². The summed E-state index contributed by atoms with van der Waals surface area (Å²) in [7, 11) is -3.08. The molecule has 0 unspecified atom stereocenters. The number of hydrogen-bond acceptors (Lipinski definition) is 3. The van der Waals surface area contributed by atoms with Crippen LogP contribution in [0.5, 0.6) is 0 Å². The molecule has 0 aliphatic rings. The molecule has 8 heteroatoms. The molecular formula is C18H16BrFN2O3S. The van der Waals surface area contributed by atoms with Gasteiger partial charge >= 0.3 is 0 Å². The molecule has 0 fully saturated rings. The van der Waals surface area contributed by atoms with Crippen molar-refractivity contribution >= 4 is 42.6 Å². The maximum atomic E-state index is 13.9. The van der Waals surface area contributed by atoms with Crippen molar-refractivity contribution in [2.75, 3.05) is 6.26 Å². The molecule has 0 atom stereocenters. The van der Waals surface area contributed by atoms with Gasteiger partial charge in [0.05, 0.1) is 11.3 Å². The van der Waals surface area contributed by atoms with Crippen molar-refractivity contribution in [2.45, 2.75) is 12.3 Å². The first-order valence-electron chi connectivity index (χ1n) is 7.73. The van der Waals surface area contributed by atoms with Gasteiger partial charge in [-0.1, -0.05) is 40.2 Å². The van der Waals surface area contributed by atoms with Crippen LogP contribution in [0, 0.1) is 5.82 Å². The molecule has 1 amide bonds. The van der Waals surface area contributed by atoms with E-state index in [0.29, 0.717) is 20.9 Å². The van der Waals surface area contributed by atoms with Crippen LogP contribution in [-0.4, -0.2) is 25.6 Å². The summed E-state index contributed by atoms with van der Waals surface area (Å²) in [5.41, 5.74) is 2.33. The number of benzene rings is 2. The highest BCUT2D eigenvalue weighted by Gasteiger charge is 2.12. The average Bonchev–Trinajstić information content (AvgIpc) is 2.97. The fourth-order valence-corrected chi connectivity index (χ4v) is 3.84. The normalized spacial score (nSPS) is 11.7. The van der Waals surface area contributed by atoms with Gasteiger partial charge in [-0.2, -0.15) is 0 Å². The summed E-state index contributed by atoms with van der Waals surface area (Å²) in [4.78, 5) is 15.2. The minimum absolute atomic E-state index is 0.0180. The van der Waals surface area contributed by atoms with E-state index < -0.39 is 15.7 Å². The molecule has 0 aliphatic heterocycles. The Kier molecular flexibility index (Phi) is 5.15. The van der Waals surface area contributed by atoms with E-state index in [1.54, 1.807) is 30.3 Å². The van der Waals surface area contributed by atoms with Gasteiger partial charge in [0.1, 0.15) is 11.5 Å². The quantitative estimate of drug-likeness (QED) is 0.639. The van der Waals surface area contributed by atoms with Gasteiger partial charge < -0.3 is 10.3 Å². The topological polar surface area (TPSA) is 79.0 Å². The predicted molar refractivity (Wildman–Crippen MR) is 102 cm³/mol. The monoisotopic (exact) mass is 438 g/mol. The minimum Gasteiger partial charge on any atom is -0.350 e. The van der Waals surface area contributed by atoms with Crippen molar-refractivity contribution in [3.05, 3.63) is 69.6 Å². The second-order valence-electron chi connectivity index (χ2n) is 6.10. The van der Waals surface area contributed by atoms with Gasteiger partial charge in [-0.05, 0) is 29.3 Å². The van der Waals surface area contributed by atoms with Crippen LogP contribution in [0.1, 0.15) is 21.6 Å². The van der Waals surface area contributed by atoms with Crippen molar-refractivity contribution in [3.63, 3.8) is 0 Å². The van der Waals surface area contributed by atoms with E-state index in [0.717, 1.165) is 5.56 Å². The summed E-state index contributed by atoms with van der Waals surface area (Å²) < 4.78 is 37.1. The van der Waals surface area contributed by atoms with Crippen LogP contribution in [0.4, 0.5) is 4.39 Å². The number of aromatic amines is 1. The zero-order valence-corrected chi connectivity index (χ0v) is 16.2. The number of H-pyrrole nitrogens is 1. The molecule has 0 saturated heterocycles. The van der Waals surface area contributed by atoms with Crippen molar-refractivity contribution in [3.8, 4) is 0 Å². The molecule has 5 nitrogen and oxygen atoms in total. The number of nitrogens with one attached hydrogen (secondary N) is 2. The molecule has 2 aromatic carbocycles. The van der Waals surface area contributed by atoms with E-state index in [-0.39, 0.29) is 23.9 Å². The van der Waals surface area contributed by atoms with Crippen molar-refractivity contribution in [1.82, 2.24) is 10.3 Å². The third-order valence-corrected chi connectivity index (χ3v) is 5.12. The summed E-state index contributed by atoms with van der Waals surface area (Å²) in [5, 5.41) is 3.11. The number of amides is 1. The highest BCUT2D eigenvalue weighted by molar-refractivity contribution is 9.10. The number of rotatable bonds is 5. The van der Waals surface area contributed by atoms with Gasteiger partial charge in [0, 0.05) is 22.7 Å². The number of sulfone groups is 1. The molecule has 1 heterocycles. The Hall–Kier alpha value is -2.19. The molecule has 0 radical (unpaired) electrons. The van der Waals surface area contributed by atoms with Gasteiger partial charge in [0.2, 0.25) is 0 Å². The third-order valence-electron chi connectivity index (χ3n) is 3.80. The predicted octanol–water partition coefficient (Wildman–Crippen LogP) is 3.54. The van der Waals surface area contributed by atoms with E-state index in [4.69, 9.17) is 0 Å². The van der Waals surface area contributed by atoms with Gasteiger partial charge in [0.25, 0.3) is 5.91 Å². The molecule has 3 rings (SSSR count). The first-order valence-corrected chi connectivity index (χ1v) is 10.6. The van der Waals surface area contributed by atoms with Crippen LogP contribution >= 0.6 is 15.9 Å². The highest BCUT2D eigenvalue weighted by Crippen LogP contribution is 2.24. The maximum absolute atomic E-state index is 13.9. The largest absolute Gasteiger partial charge is 0.350 e. The Labute approximate surface area is 158 Å². The highest BCUT2D eigenvalue weighted by atomic mass is 79.9. The van der Waals surface area contributed by atoms with E-state index in [1.165, 1.54) is 18.4 Å². The van der Waals surface area contributed by atoms with E-state index >= 15 is 0 Å². The summed E-state index contributed by atoms with van der Waals surface area (Å²) in [5.74, 6) is -0.779. The number of hydrogen-bond donors (Lipinski definition) is 2. The fraction of sp³-hybridized carbons (Fsp3) is 0.167. The number of aromatic nitrogens is 1. The Morgan fingerprint density at radius 2 is 1.81 bits per heavy atom. The van der Waals surface area contributed by atoms with Crippen molar-refractivity contribution in [1.29, 1.82) is 0 Å². The number of halogens is 2. The zero-order chi connectivity index (χ0) is 18.9. The Morgan fingerprint density at radius 1 is 1.15 bits per heavy atom. The molecule has 26 heavy (non-hydrogen) atoms. The molecular weight excluding hydrogens is 423 g/mol. The van der Waals surface area contributed by atoms with Gasteiger partial charge in [-0.3, -0.25) is 4.79 Å². The Morgan fingerprint density at radius 3 is 2.46 bits per heavy atom. The lowest BCUT2D eigenvalue weighted by molar-refractivity contribution is 0.0946. The van der Waals surface area contributed by atoms with E-state index in [1.807, 2.05) is 0 Å². The first-order chi connectivity index (χ1) is 12.2. The fourth-order valence-electron chi connectivity index (χ4n) is 2.62. The van der Waals surface area contributed by atoms with Crippen LogP contribution in [0.25, 0.3) is 10.9 Å². The Balaban J connectivity index is 1.68. The summed E-state index contributed by atoms with van der Waals surface area (Å²) in [6, 6.07) is 11.5. The SMILES string of the molecule is CS(=O)(=O)Cc1ccc(CNC(=O)c2cc3c(F)cc(Br)cc3[nH]2)cc1. The number of carbonyl (C=O) groups excluding carboxylic acids is 1. The van der Waals surface area contributed by atoms with Crippen LogP contribution in [0.15, 0.2) is 46.9 Å². The second-order valence-corrected chi connectivity index (χ2v) is 9.16. The van der Waals surface area contributed by atoms with E-state index in [2.05, 4.69) is 26.2 Å². The number of carbonyl (C=O) groups is 1. The molecule has 3 aromatic rings. The third kappa shape index (κ3) is 4.50. The van der Waals surface area contributed by atoms with Crippen molar-refractivity contribution < 1.29 is 17.6 Å². The van der Waals surface area contributed by atoms with Crippen LogP contribution < -0.4 is 5.32 Å². The summed E-state index contributed by atoms with van der Waals surface area (Å²) >= 11 is 3.22. The molecule has 0 saturated carbocycles. The van der Waals surface area contributed by atoms with Gasteiger partial charge in [-0.25, -0.2) is 12.8 Å². The number of fused-ring (bicyclic) bond motifs is 1. The molecule has 1 aromatic heterocycles. The standard InChI is InChI=1S/C18H16BrFN2O3S/c1-26(24,25)10-12-4-2-11(3-5-12)9-21-18(23)17-8-14-15(20)6-13(19)7-16(14)22-17/h2-8,22H,9-10H2,1H3,(H,21,23). The lowest BCUT2D eigenvalue weighted by atomic mass is 10.1. The van der Waals surface area contributed by atoms with Gasteiger partial charge in [0.15, 0.2) is 9.84 Å². The zero-order valence-electron chi connectivity index (χ0n) is 13.8. The van der Waals surface area contributed by atoms with Crippen LogP contribution in [0.2, 0.25) is 0 Å². The maximum Gasteiger partial charge on any atom is 0.267 e. The molecule has 0 aliphatic carbocycles. The van der Waals surface area contributed by atoms with Crippen LogP contribution in [0.3, 0.4) is 0 Å². The molecule has 136 valence electrons. The average molecular weight is 439 g/mol.